The molecule has 0 radical (unpaired) electrons. The highest BCUT2D eigenvalue weighted by atomic mass is 16.3. The fraction of sp³-hybridized carbons (Fsp3) is 0.200. The summed E-state index contributed by atoms with van der Waals surface area (Å²) in [6, 6.07) is 10.1. The molecule has 1 aromatic carbocycles. The average Bonchev–Trinajstić information content (AvgIpc) is 2.39. The summed E-state index contributed by atoms with van der Waals surface area (Å²) >= 11 is 0. The Morgan fingerprint density at radius 2 is 2.11 bits per heavy atom. The molecule has 1 aromatic heterocycles. The first-order valence-electron chi connectivity index (χ1n) is 6.09. The van der Waals surface area contributed by atoms with Crippen LogP contribution in [0.2, 0.25) is 0 Å². The van der Waals surface area contributed by atoms with Crippen LogP contribution in [0, 0.1) is 6.92 Å². The van der Waals surface area contributed by atoms with E-state index in [1.54, 1.807) is 25.3 Å². The van der Waals surface area contributed by atoms with Gasteiger partial charge in [-0.15, -0.1) is 0 Å². The highest BCUT2D eigenvalue weighted by Crippen LogP contribution is 2.17. The molecule has 2 rings (SSSR count). The summed E-state index contributed by atoms with van der Waals surface area (Å²) in [6.07, 6.45) is 1.70. The first-order chi connectivity index (χ1) is 9.08. The van der Waals surface area contributed by atoms with Crippen molar-refractivity contribution < 1.29 is 9.90 Å². The molecule has 1 amide bonds. The van der Waals surface area contributed by atoms with Gasteiger partial charge in [-0.25, -0.2) is 0 Å². The van der Waals surface area contributed by atoms with Crippen LogP contribution in [0.15, 0.2) is 42.6 Å². The second kappa shape index (κ2) is 5.52. The van der Waals surface area contributed by atoms with Crippen molar-refractivity contribution in [2.75, 3.05) is 0 Å². The van der Waals surface area contributed by atoms with Crippen molar-refractivity contribution >= 4 is 5.91 Å². The summed E-state index contributed by atoms with van der Waals surface area (Å²) in [6.45, 7) is 3.68. The number of nitrogens with zero attached hydrogens (tertiary/aromatic N) is 1. The maximum Gasteiger partial charge on any atom is 0.252 e. The lowest BCUT2D eigenvalue weighted by Crippen LogP contribution is -2.27. The van der Waals surface area contributed by atoms with E-state index in [1.165, 1.54) is 6.07 Å². The summed E-state index contributed by atoms with van der Waals surface area (Å²) in [5.74, 6) is -0.0116. The van der Waals surface area contributed by atoms with E-state index in [2.05, 4.69) is 10.3 Å². The summed E-state index contributed by atoms with van der Waals surface area (Å²) in [7, 11) is 0. The molecule has 0 spiro atoms. The van der Waals surface area contributed by atoms with E-state index in [9.17, 15) is 9.90 Å². The van der Waals surface area contributed by atoms with Gasteiger partial charge in [0, 0.05) is 11.8 Å². The molecule has 0 aliphatic rings. The quantitative estimate of drug-likeness (QED) is 0.887. The van der Waals surface area contributed by atoms with Gasteiger partial charge in [-0.05, 0) is 49.7 Å². The van der Waals surface area contributed by atoms with Gasteiger partial charge in [0.25, 0.3) is 5.91 Å². The Balaban J connectivity index is 2.13. The van der Waals surface area contributed by atoms with Crippen LogP contribution in [0.5, 0.6) is 5.75 Å². The van der Waals surface area contributed by atoms with E-state index in [4.69, 9.17) is 0 Å². The minimum Gasteiger partial charge on any atom is -0.508 e. The monoisotopic (exact) mass is 256 g/mol. The van der Waals surface area contributed by atoms with Gasteiger partial charge in [0.05, 0.1) is 11.7 Å². The number of nitrogens with one attached hydrogen (secondary N) is 1. The zero-order valence-electron chi connectivity index (χ0n) is 10.9. The van der Waals surface area contributed by atoms with E-state index in [0.29, 0.717) is 5.56 Å². The van der Waals surface area contributed by atoms with Crippen LogP contribution in [0.25, 0.3) is 0 Å². The number of hydrogen-bond donors (Lipinski definition) is 2. The van der Waals surface area contributed by atoms with Crippen molar-refractivity contribution in [2.45, 2.75) is 19.9 Å². The number of aromatic nitrogens is 1. The number of benzene rings is 1. The maximum absolute atomic E-state index is 12.1. The lowest BCUT2D eigenvalue weighted by atomic mass is 10.1. The summed E-state index contributed by atoms with van der Waals surface area (Å²) < 4.78 is 0. The van der Waals surface area contributed by atoms with E-state index in [1.807, 2.05) is 25.1 Å². The highest BCUT2D eigenvalue weighted by molar-refractivity contribution is 5.96. The zero-order valence-corrected chi connectivity index (χ0v) is 10.9. The van der Waals surface area contributed by atoms with Crippen LogP contribution in [0.4, 0.5) is 0 Å². The third-order valence-electron chi connectivity index (χ3n) is 2.93. The number of carbonyl (C=O) groups excluding carboxylic acids is 1. The third kappa shape index (κ3) is 3.10. The number of amides is 1. The number of aromatic hydroxyl groups is 1. The number of phenols is 1. The van der Waals surface area contributed by atoms with Gasteiger partial charge in [-0.1, -0.05) is 6.07 Å². The predicted octanol–water partition coefficient (Wildman–Crippen LogP) is 2.59. The minimum atomic E-state index is -0.171. The molecule has 98 valence electrons. The number of pyridine rings is 1. The van der Waals surface area contributed by atoms with Gasteiger partial charge in [-0.3, -0.25) is 9.78 Å². The number of phenolic OH excluding ortho intramolecular Hbond substituents is 1. The van der Waals surface area contributed by atoms with Crippen LogP contribution in [0.3, 0.4) is 0 Å². The number of rotatable bonds is 3. The molecule has 0 aliphatic heterocycles. The molecule has 0 aliphatic carbocycles. The van der Waals surface area contributed by atoms with Gasteiger partial charge in [-0.2, -0.15) is 0 Å². The molecule has 0 saturated heterocycles. The number of hydrogen-bond acceptors (Lipinski definition) is 3. The van der Waals surface area contributed by atoms with Crippen molar-refractivity contribution in [3.63, 3.8) is 0 Å². The molecule has 0 fully saturated rings. The Morgan fingerprint density at radius 1 is 1.32 bits per heavy atom. The zero-order chi connectivity index (χ0) is 13.8. The van der Waals surface area contributed by atoms with Crippen LogP contribution in [-0.2, 0) is 0 Å². The smallest absolute Gasteiger partial charge is 0.252 e. The van der Waals surface area contributed by atoms with Crippen molar-refractivity contribution in [3.05, 3.63) is 59.4 Å². The minimum absolute atomic E-state index is 0.159. The van der Waals surface area contributed by atoms with E-state index in [0.717, 1.165) is 11.3 Å². The molecule has 4 heteroatoms. The normalized spacial score (nSPS) is 11.9. The van der Waals surface area contributed by atoms with Gasteiger partial charge < -0.3 is 10.4 Å². The fourth-order valence-corrected chi connectivity index (χ4v) is 1.88. The topological polar surface area (TPSA) is 62.2 Å². The Labute approximate surface area is 112 Å². The van der Waals surface area contributed by atoms with Crippen LogP contribution >= 0.6 is 0 Å². The van der Waals surface area contributed by atoms with Crippen LogP contribution in [-0.4, -0.2) is 16.0 Å². The first-order valence-corrected chi connectivity index (χ1v) is 6.09. The number of aryl methyl sites for hydroxylation is 1. The van der Waals surface area contributed by atoms with E-state index >= 15 is 0 Å². The van der Waals surface area contributed by atoms with Gasteiger partial charge in [0.2, 0.25) is 0 Å². The first kappa shape index (κ1) is 13.1. The summed E-state index contributed by atoms with van der Waals surface area (Å²) in [4.78, 5) is 16.3. The Hall–Kier alpha value is -2.36. The molecule has 4 nitrogen and oxygen atoms in total. The largest absolute Gasteiger partial charge is 0.508 e. The van der Waals surface area contributed by atoms with E-state index < -0.39 is 0 Å². The Morgan fingerprint density at radius 3 is 2.74 bits per heavy atom. The third-order valence-corrected chi connectivity index (χ3v) is 2.93. The Kier molecular flexibility index (Phi) is 3.80. The Bertz CT molecular complexity index is 582. The van der Waals surface area contributed by atoms with Crippen molar-refractivity contribution in [3.8, 4) is 5.75 Å². The van der Waals surface area contributed by atoms with Gasteiger partial charge in [0.1, 0.15) is 5.75 Å². The van der Waals surface area contributed by atoms with Crippen molar-refractivity contribution in [2.24, 2.45) is 0 Å². The van der Waals surface area contributed by atoms with E-state index in [-0.39, 0.29) is 17.7 Å². The molecular weight excluding hydrogens is 240 g/mol. The number of carbonyl (C=O) groups is 1. The molecule has 2 aromatic rings. The predicted molar refractivity (Wildman–Crippen MR) is 73.0 cm³/mol. The van der Waals surface area contributed by atoms with Crippen LogP contribution < -0.4 is 5.32 Å². The molecular formula is C15H16N2O2. The summed E-state index contributed by atoms with van der Waals surface area (Å²) in [5, 5.41) is 12.2. The molecule has 2 N–H and O–H groups in total. The molecule has 0 bridgehead atoms. The molecule has 1 heterocycles. The van der Waals surface area contributed by atoms with Gasteiger partial charge in [0.15, 0.2) is 0 Å². The van der Waals surface area contributed by atoms with Crippen molar-refractivity contribution in [1.82, 2.24) is 10.3 Å². The van der Waals surface area contributed by atoms with Gasteiger partial charge >= 0.3 is 0 Å². The summed E-state index contributed by atoms with van der Waals surface area (Å²) in [5.41, 5.74) is 2.11. The SMILES string of the molecule is Cc1cc(O)ccc1C(=O)NC(C)c1ccccn1. The fourth-order valence-electron chi connectivity index (χ4n) is 1.88. The average molecular weight is 256 g/mol. The standard InChI is InChI=1S/C15H16N2O2/c1-10-9-12(18)6-7-13(10)15(19)17-11(2)14-5-3-4-8-16-14/h3-9,11,18H,1-2H3,(H,17,19). The second-order valence-electron chi connectivity index (χ2n) is 4.45. The lowest BCUT2D eigenvalue weighted by molar-refractivity contribution is 0.0938. The molecule has 1 unspecified atom stereocenters. The second-order valence-corrected chi connectivity index (χ2v) is 4.45. The molecule has 1 atom stereocenters. The molecule has 19 heavy (non-hydrogen) atoms. The van der Waals surface area contributed by atoms with Crippen LogP contribution in [0.1, 0.15) is 34.6 Å². The lowest BCUT2D eigenvalue weighted by Gasteiger charge is -2.14. The highest BCUT2D eigenvalue weighted by Gasteiger charge is 2.14. The van der Waals surface area contributed by atoms with Crippen molar-refractivity contribution in [1.29, 1.82) is 0 Å². The maximum atomic E-state index is 12.1. The molecule has 0 saturated carbocycles.